The number of benzene rings is 1. The summed E-state index contributed by atoms with van der Waals surface area (Å²) in [6.45, 7) is 8.47. The van der Waals surface area contributed by atoms with Gasteiger partial charge in [-0.05, 0) is 50.6 Å². The Kier molecular flexibility index (Phi) is 3.97. The van der Waals surface area contributed by atoms with Crippen LogP contribution in [0.1, 0.15) is 23.6 Å². The number of nitrogens with one attached hydrogen (secondary N) is 1. The van der Waals surface area contributed by atoms with Crippen molar-refractivity contribution in [2.75, 3.05) is 13.1 Å². The zero-order valence-electron chi connectivity index (χ0n) is 8.78. The number of rotatable bonds is 4. The van der Waals surface area contributed by atoms with Crippen LogP contribution in [0, 0.1) is 19.9 Å². The second kappa shape index (κ2) is 5.03. The maximum atomic E-state index is 3.37. The summed E-state index contributed by atoms with van der Waals surface area (Å²) in [6.07, 6.45) is 1.08. The Labute approximate surface area is 81.2 Å². The normalized spacial score (nSPS) is 10.4. The molecule has 71 valence electrons. The first kappa shape index (κ1) is 10.3. The Morgan fingerprint density at radius 1 is 1.31 bits per heavy atom. The standard InChI is InChI=1S/C12H18N/c1-4-13-6-5-12-8-10(2)7-11(3)9-12/h7-8,13H,4-6H2,1-3H3. The van der Waals surface area contributed by atoms with Gasteiger partial charge in [-0.2, -0.15) is 0 Å². The molecule has 0 bridgehead atoms. The third kappa shape index (κ3) is 3.60. The van der Waals surface area contributed by atoms with Crippen molar-refractivity contribution in [1.82, 2.24) is 5.32 Å². The van der Waals surface area contributed by atoms with Gasteiger partial charge in [-0.1, -0.05) is 24.6 Å². The van der Waals surface area contributed by atoms with Crippen LogP contribution in [0.2, 0.25) is 0 Å². The van der Waals surface area contributed by atoms with Crippen LogP contribution < -0.4 is 5.32 Å². The number of likely N-dealkylation sites (N-methyl/N-ethyl adjacent to an activating group) is 1. The van der Waals surface area contributed by atoms with Gasteiger partial charge in [0.15, 0.2) is 0 Å². The van der Waals surface area contributed by atoms with Crippen molar-refractivity contribution >= 4 is 0 Å². The van der Waals surface area contributed by atoms with E-state index in [1.54, 1.807) is 0 Å². The fraction of sp³-hybridized carbons (Fsp3) is 0.500. The molecule has 0 spiro atoms. The highest BCUT2D eigenvalue weighted by atomic mass is 14.8. The highest BCUT2D eigenvalue weighted by Crippen LogP contribution is 2.07. The first-order valence-electron chi connectivity index (χ1n) is 4.92. The SMILES string of the molecule is CCNCCc1[c]c(C)cc(C)c1. The molecular weight excluding hydrogens is 158 g/mol. The maximum absolute atomic E-state index is 3.37. The Bertz CT molecular complexity index is 246. The molecule has 0 atom stereocenters. The highest BCUT2D eigenvalue weighted by Gasteiger charge is 1.95. The molecule has 0 aliphatic rings. The zero-order valence-corrected chi connectivity index (χ0v) is 8.78. The molecule has 1 rings (SSSR count). The lowest BCUT2D eigenvalue weighted by Gasteiger charge is -2.04. The molecule has 1 heteroatoms. The third-order valence-corrected chi connectivity index (χ3v) is 2.02. The predicted molar refractivity (Wildman–Crippen MR) is 57.0 cm³/mol. The summed E-state index contributed by atoms with van der Waals surface area (Å²) in [4.78, 5) is 0. The van der Waals surface area contributed by atoms with Crippen molar-refractivity contribution in [2.45, 2.75) is 27.2 Å². The molecule has 1 aromatic carbocycles. The van der Waals surface area contributed by atoms with Gasteiger partial charge in [0.25, 0.3) is 0 Å². The minimum absolute atomic E-state index is 1.05. The molecule has 13 heavy (non-hydrogen) atoms. The molecule has 0 saturated carbocycles. The first-order valence-corrected chi connectivity index (χ1v) is 4.92. The van der Waals surface area contributed by atoms with Gasteiger partial charge >= 0.3 is 0 Å². The summed E-state index contributed by atoms with van der Waals surface area (Å²) >= 11 is 0. The third-order valence-electron chi connectivity index (χ3n) is 2.02. The zero-order chi connectivity index (χ0) is 9.68. The van der Waals surface area contributed by atoms with E-state index in [1.165, 1.54) is 16.7 Å². The first-order chi connectivity index (χ1) is 6.22. The monoisotopic (exact) mass is 176 g/mol. The largest absolute Gasteiger partial charge is 0.317 e. The van der Waals surface area contributed by atoms with Crippen LogP contribution in [-0.2, 0) is 6.42 Å². The molecule has 0 amide bonds. The fourth-order valence-corrected chi connectivity index (χ4v) is 1.52. The Hall–Kier alpha value is -0.820. The van der Waals surface area contributed by atoms with Gasteiger partial charge in [0.05, 0.1) is 0 Å². The second-order valence-electron chi connectivity index (χ2n) is 3.47. The Balaban J connectivity index is 2.56. The number of hydrogen-bond donors (Lipinski definition) is 1. The van der Waals surface area contributed by atoms with Gasteiger partial charge in [-0.25, -0.2) is 0 Å². The molecule has 1 aromatic rings. The molecule has 0 heterocycles. The lowest BCUT2D eigenvalue weighted by atomic mass is 10.1. The van der Waals surface area contributed by atoms with Gasteiger partial charge in [-0.3, -0.25) is 0 Å². The molecule has 0 fully saturated rings. The molecule has 0 saturated heterocycles. The van der Waals surface area contributed by atoms with Gasteiger partial charge in [0.2, 0.25) is 0 Å². The quantitative estimate of drug-likeness (QED) is 0.694. The van der Waals surface area contributed by atoms with E-state index in [9.17, 15) is 0 Å². The molecule has 0 aliphatic heterocycles. The van der Waals surface area contributed by atoms with Gasteiger partial charge < -0.3 is 5.32 Å². The molecule has 1 N–H and O–H groups in total. The van der Waals surface area contributed by atoms with Crippen LogP contribution in [0.5, 0.6) is 0 Å². The molecule has 0 unspecified atom stereocenters. The van der Waals surface area contributed by atoms with Crippen LogP contribution in [0.3, 0.4) is 0 Å². The summed E-state index contributed by atoms with van der Waals surface area (Å²) in [7, 11) is 0. The molecular formula is C12H18N. The van der Waals surface area contributed by atoms with Crippen molar-refractivity contribution in [3.8, 4) is 0 Å². The summed E-state index contributed by atoms with van der Waals surface area (Å²) < 4.78 is 0. The summed E-state index contributed by atoms with van der Waals surface area (Å²) in [5, 5.41) is 3.32. The number of hydrogen-bond acceptors (Lipinski definition) is 1. The van der Waals surface area contributed by atoms with E-state index in [2.05, 4.69) is 44.3 Å². The van der Waals surface area contributed by atoms with Crippen LogP contribution >= 0.6 is 0 Å². The summed E-state index contributed by atoms with van der Waals surface area (Å²) in [5.74, 6) is 0. The van der Waals surface area contributed by atoms with Crippen LogP contribution in [0.4, 0.5) is 0 Å². The lowest BCUT2D eigenvalue weighted by Crippen LogP contribution is -2.16. The van der Waals surface area contributed by atoms with Gasteiger partial charge in [-0.15, -0.1) is 0 Å². The second-order valence-corrected chi connectivity index (χ2v) is 3.47. The van der Waals surface area contributed by atoms with E-state index in [-0.39, 0.29) is 0 Å². The van der Waals surface area contributed by atoms with Crippen LogP contribution in [0.25, 0.3) is 0 Å². The van der Waals surface area contributed by atoms with Crippen molar-refractivity contribution in [1.29, 1.82) is 0 Å². The van der Waals surface area contributed by atoms with Gasteiger partial charge in [0.1, 0.15) is 0 Å². The number of aryl methyl sites for hydroxylation is 2. The van der Waals surface area contributed by atoms with E-state index in [0.717, 1.165) is 19.5 Å². The average Bonchev–Trinajstić information content (AvgIpc) is 2.03. The minimum atomic E-state index is 1.05. The lowest BCUT2D eigenvalue weighted by molar-refractivity contribution is 0.716. The smallest absolute Gasteiger partial charge is 0.000824 e. The van der Waals surface area contributed by atoms with Crippen molar-refractivity contribution in [3.05, 3.63) is 34.9 Å². The Morgan fingerprint density at radius 2 is 2.08 bits per heavy atom. The van der Waals surface area contributed by atoms with Crippen LogP contribution in [0.15, 0.2) is 12.1 Å². The summed E-state index contributed by atoms with van der Waals surface area (Å²) in [6, 6.07) is 7.74. The van der Waals surface area contributed by atoms with E-state index >= 15 is 0 Å². The fourth-order valence-electron chi connectivity index (χ4n) is 1.52. The average molecular weight is 176 g/mol. The molecule has 1 radical (unpaired) electrons. The minimum Gasteiger partial charge on any atom is -0.317 e. The van der Waals surface area contributed by atoms with Crippen molar-refractivity contribution in [2.24, 2.45) is 0 Å². The summed E-state index contributed by atoms with van der Waals surface area (Å²) in [5.41, 5.74) is 3.90. The van der Waals surface area contributed by atoms with E-state index in [4.69, 9.17) is 0 Å². The van der Waals surface area contributed by atoms with E-state index in [0.29, 0.717) is 0 Å². The molecule has 0 aliphatic carbocycles. The van der Waals surface area contributed by atoms with Crippen molar-refractivity contribution < 1.29 is 0 Å². The maximum Gasteiger partial charge on any atom is -0.000824 e. The van der Waals surface area contributed by atoms with Gasteiger partial charge in [0, 0.05) is 0 Å². The molecule has 0 aromatic heterocycles. The topological polar surface area (TPSA) is 12.0 Å². The van der Waals surface area contributed by atoms with Crippen molar-refractivity contribution in [3.63, 3.8) is 0 Å². The van der Waals surface area contributed by atoms with Crippen LogP contribution in [-0.4, -0.2) is 13.1 Å². The predicted octanol–water partition coefficient (Wildman–Crippen LogP) is 2.26. The van der Waals surface area contributed by atoms with E-state index in [1.807, 2.05) is 0 Å². The highest BCUT2D eigenvalue weighted by molar-refractivity contribution is 5.27. The Morgan fingerprint density at radius 3 is 2.69 bits per heavy atom. The molecule has 1 nitrogen and oxygen atoms in total. The van der Waals surface area contributed by atoms with E-state index < -0.39 is 0 Å².